The number of nitrogens with zero attached hydrogens (tertiary/aromatic N) is 5. The Morgan fingerprint density at radius 1 is 1.03 bits per heavy atom. The van der Waals surface area contributed by atoms with Gasteiger partial charge in [0, 0.05) is 22.2 Å². The average molecular weight is 452 g/mol. The zero-order valence-electron chi connectivity index (χ0n) is 16.8. The summed E-state index contributed by atoms with van der Waals surface area (Å²) in [7, 11) is 3.25. The first-order valence-corrected chi connectivity index (χ1v) is 10.7. The third-order valence-corrected chi connectivity index (χ3v) is 5.96. The molecule has 0 atom stereocenters. The molecular formula is C22H18ClN5O2S. The summed E-state index contributed by atoms with van der Waals surface area (Å²) in [6.45, 7) is 0.551. The molecule has 0 aliphatic heterocycles. The Labute approximate surface area is 187 Å². The monoisotopic (exact) mass is 451 g/mol. The van der Waals surface area contributed by atoms with Gasteiger partial charge in [-0.2, -0.15) is 0 Å². The standard InChI is InChI=1S/C22H18ClN5O2S/c1-29-18-8-3-14(11-19(18)30-2)12-27-13-17(25-26-27)21-20(15-4-6-16(23)7-5-15)24-22-28(21)9-10-31-22/h3-11,13H,12H2,1-2H3. The molecule has 0 saturated heterocycles. The second-order valence-electron chi connectivity index (χ2n) is 6.86. The number of rotatable bonds is 6. The summed E-state index contributed by atoms with van der Waals surface area (Å²) in [6.07, 6.45) is 3.92. The average Bonchev–Trinajstić information content (AvgIpc) is 3.50. The van der Waals surface area contributed by atoms with Crippen LogP contribution in [0.5, 0.6) is 11.5 Å². The number of fused-ring (bicyclic) bond motifs is 1. The first kappa shape index (κ1) is 19.6. The second kappa shape index (κ2) is 8.05. The van der Waals surface area contributed by atoms with E-state index >= 15 is 0 Å². The minimum Gasteiger partial charge on any atom is -0.493 e. The summed E-state index contributed by atoms with van der Waals surface area (Å²) >= 11 is 7.65. The number of hydrogen-bond acceptors (Lipinski definition) is 6. The van der Waals surface area contributed by atoms with Gasteiger partial charge < -0.3 is 9.47 Å². The number of hydrogen-bond donors (Lipinski definition) is 0. The molecule has 0 amide bonds. The molecule has 0 bridgehead atoms. The van der Waals surface area contributed by atoms with Crippen molar-refractivity contribution in [1.82, 2.24) is 24.4 Å². The van der Waals surface area contributed by atoms with E-state index in [9.17, 15) is 0 Å². The van der Waals surface area contributed by atoms with Crippen LogP contribution in [0.1, 0.15) is 5.56 Å². The third kappa shape index (κ3) is 3.64. The van der Waals surface area contributed by atoms with Crippen LogP contribution >= 0.6 is 22.9 Å². The van der Waals surface area contributed by atoms with Crippen LogP contribution in [0, 0.1) is 0 Å². The molecule has 0 saturated carbocycles. The lowest BCUT2D eigenvalue weighted by molar-refractivity contribution is 0.354. The van der Waals surface area contributed by atoms with Crippen molar-refractivity contribution < 1.29 is 9.47 Å². The highest BCUT2D eigenvalue weighted by molar-refractivity contribution is 7.15. The van der Waals surface area contributed by atoms with Gasteiger partial charge in [0.2, 0.25) is 0 Å². The van der Waals surface area contributed by atoms with Crippen molar-refractivity contribution in [2.45, 2.75) is 6.54 Å². The Morgan fingerprint density at radius 2 is 1.84 bits per heavy atom. The molecule has 3 heterocycles. The Bertz CT molecular complexity index is 1360. The summed E-state index contributed by atoms with van der Waals surface area (Å²) in [4.78, 5) is 5.71. The van der Waals surface area contributed by atoms with Gasteiger partial charge in [0.1, 0.15) is 11.4 Å². The Morgan fingerprint density at radius 3 is 2.61 bits per heavy atom. The van der Waals surface area contributed by atoms with E-state index in [4.69, 9.17) is 26.1 Å². The molecule has 3 aromatic heterocycles. The van der Waals surface area contributed by atoms with Crippen molar-refractivity contribution in [3.63, 3.8) is 0 Å². The van der Waals surface area contributed by atoms with E-state index < -0.39 is 0 Å². The third-order valence-electron chi connectivity index (χ3n) is 4.95. The molecule has 7 nitrogen and oxygen atoms in total. The molecule has 0 unspecified atom stereocenters. The largest absolute Gasteiger partial charge is 0.493 e. The zero-order chi connectivity index (χ0) is 21.4. The molecule has 5 rings (SSSR count). The number of imidazole rings is 1. The molecule has 5 aromatic rings. The van der Waals surface area contributed by atoms with Crippen LogP contribution in [0.15, 0.2) is 60.2 Å². The highest BCUT2D eigenvalue weighted by Gasteiger charge is 2.19. The maximum absolute atomic E-state index is 6.07. The smallest absolute Gasteiger partial charge is 0.194 e. The second-order valence-corrected chi connectivity index (χ2v) is 8.17. The normalized spacial score (nSPS) is 11.2. The van der Waals surface area contributed by atoms with Gasteiger partial charge in [-0.05, 0) is 29.8 Å². The number of aromatic nitrogens is 5. The van der Waals surface area contributed by atoms with Gasteiger partial charge in [-0.15, -0.1) is 16.4 Å². The van der Waals surface area contributed by atoms with Gasteiger partial charge in [-0.25, -0.2) is 9.67 Å². The molecule has 2 aromatic carbocycles. The molecule has 0 fully saturated rings. The molecular weight excluding hydrogens is 434 g/mol. The minimum absolute atomic E-state index is 0.551. The molecule has 0 radical (unpaired) electrons. The fourth-order valence-electron chi connectivity index (χ4n) is 3.49. The Kier molecular flexibility index (Phi) is 5.09. The number of ether oxygens (including phenoxy) is 2. The molecule has 0 aliphatic carbocycles. The van der Waals surface area contributed by atoms with E-state index in [2.05, 4.69) is 10.3 Å². The summed E-state index contributed by atoms with van der Waals surface area (Å²) in [5.41, 5.74) is 4.50. The molecule has 0 N–H and O–H groups in total. The Balaban J connectivity index is 1.52. The van der Waals surface area contributed by atoms with Gasteiger partial charge in [0.15, 0.2) is 16.5 Å². The van der Waals surface area contributed by atoms with Gasteiger partial charge in [-0.3, -0.25) is 4.40 Å². The fourth-order valence-corrected chi connectivity index (χ4v) is 4.33. The molecule has 31 heavy (non-hydrogen) atoms. The van der Waals surface area contributed by atoms with Crippen molar-refractivity contribution in [1.29, 1.82) is 0 Å². The van der Waals surface area contributed by atoms with E-state index in [-0.39, 0.29) is 0 Å². The summed E-state index contributed by atoms with van der Waals surface area (Å²) < 4.78 is 14.6. The summed E-state index contributed by atoms with van der Waals surface area (Å²) in [6, 6.07) is 13.5. The van der Waals surface area contributed by atoms with E-state index in [1.165, 1.54) is 0 Å². The quantitative estimate of drug-likeness (QED) is 0.362. The highest BCUT2D eigenvalue weighted by atomic mass is 35.5. The topological polar surface area (TPSA) is 66.5 Å². The van der Waals surface area contributed by atoms with Crippen molar-refractivity contribution in [2.75, 3.05) is 14.2 Å². The first-order valence-electron chi connectivity index (χ1n) is 9.49. The van der Waals surface area contributed by atoms with Crippen LogP contribution in [0.2, 0.25) is 5.02 Å². The van der Waals surface area contributed by atoms with Crippen LogP contribution in [-0.2, 0) is 6.54 Å². The SMILES string of the molecule is COc1ccc(Cn2cc(-c3c(-c4ccc(Cl)cc4)nc4sccn34)nn2)cc1OC. The maximum atomic E-state index is 6.07. The first-order chi connectivity index (χ1) is 15.2. The van der Waals surface area contributed by atoms with Crippen molar-refractivity contribution in [3.8, 4) is 34.1 Å². The predicted molar refractivity (Wildman–Crippen MR) is 121 cm³/mol. The van der Waals surface area contributed by atoms with Crippen LogP contribution in [0.25, 0.3) is 27.6 Å². The number of methoxy groups -OCH3 is 2. The molecule has 0 aliphatic rings. The van der Waals surface area contributed by atoms with Crippen molar-refractivity contribution in [3.05, 3.63) is 70.8 Å². The maximum Gasteiger partial charge on any atom is 0.194 e. The lowest BCUT2D eigenvalue weighted by atomic mass is 10.1. The van der Waals surface area contributed by atoms with Crippen LogP contribution in [0.4, 0.5) is 0 Å². The van der Waals surface area contributed by atoms with Gasteiger partial charge >= 0.3 is 0 Å². The minimum atomic E-state index is 0.551. The Hall–Kier alpha value is -3.36. The van der Waals surface area contributed by atoms with Crippen molar-refractivity contribution in [2.24, 2.45) is 0 Å². The zero-order valence-corrected chi connectivity index (χ0v) is 18.4. The van der Waals surface area contributed by atoms with Crippen molar-refractivity contribution >= 4 is 27.9 Å². The van der Waals surface area contributed by atoms with E-state index in [1.54, 1.807) is 30.2 Å². The van der Waals surface area contributed by atoms with Crippen LogP contribution < -0.4 is 9.47 Å². The predicted octanol–water partition coefficient (Wildman–Crippen LogP) is 5.04. The molecule has 9 heteroatoms. The number of thiazole rings is 1. The van der Waals surface area contributed by atoms with Gasteiger partial charge in [-0.1, -0.05) is 35.0 Å². The van der Waals surface area contributed by atoms with E-state index in [0.717, 1.165) is 33.2 Å². The number of benzene rings is 2. The lowest BCUT2D eigenvalue weighted by Crippen LogP contribution is -2.01. The van der Waals surface area contributed by atoms with Crippen LogP contribution in [-0.4, -0.2) is 38.6 Å². The molecule has 0 spiro atoms. The lowest BCUT2D eigenvalue weighted by Gasteiger charge is -2.09. The highest BCUT2D eigenvalue weighted by Crippen LogP contribution is 2.34. The van der Waals surface area contributed by atoms with Gasteiger partial charge in [0.25, 0.3) is 0 Å². The summed E-state index contributed by atoms with van der Waals surface area (Å²) in [5, 5.41) is 11.5. The van der Waals surface area contributed by atoms with Gasteiger partial charge in [0.05, 0.1) is 32.7 Å². The summed E-state index contributed by atoms with van der Waals surface area (Å²) in [5.74, 6) is 1.37. The van der Waals surface area contributed by atoms with Crippen LogP contribution in [0.3, 0.4) is 0 Å². The number of halogens is 1. The van der Waals surface area contributed by atoms with E-state index in [1.807, 2.05) is 64.6 Å². The van der Waals surface area contributed by atoms with E-state index in [0.29, 0.717) is 23.1 Å². The molecule has 156 valence electrons. The fraction of sp³-hybridized carbons (Fsp3) is 0.136.